The second-order valence-electron chi connectivity index (χ2n) is 5.83. The van der Waals surface area contributed by atoms with Gasteiger partial charge in [0, 0.05) is 38.0 Å². The first-order valence-corrected chi connectivity index (χ1v) is 7.37. The van der Waals surface area contributed by atoms with E-state index in [1.165, 1.54) is 4.90 Å². The van der Waals surface area contributed by atoms with E-state index in [1.54, 1.807) is 0 Å². The van der Waals surface area contributed by atoms with Gasteiger partial charge in [0.05, 0.1) is 0 Å². The highest BCUT2D eigenvalue weighted by Crippen LogP contribution is 2.37. The van der Waals surface area contributed by atoms with Gasteiger partial charge in [0.1, 0.15) is 6.54 Å². The maximum absolute atomic E-state index is 13.2. The molecule has 0 atom stereocenters. The van der Waals surface area contributed by atoms with Crippen LogP contribution in [0.15, 0.2) is 0 Å². The Kier molecular flexibility index (Phi) is 5.13. The minimum Gasteiger partial charge on any atom is -0.480 e. The van der Waals surface area contributed by atoms with Crippen LogP contribution in [0.4, 0.5) is 8.78 Å². The number of carboxylic acids is 1. The lowest BCUT2D eigenvalue weighted by molar-refractivity contribution is -0.152. The number of carbonyl (C=O) groups excluding carboxylic acids is 1. The van der Waals surface area contributed by atoms with E-state index in [0.29, 0.717) is 26.1 Å². The Hall–Kier alpha value is -1.24. The normalized spacial score (nSPS) is 23.7. The van der Waals surface area contributed by atoms with Crippen LogP contribution in [-0.2, 0) is 14.3 Å². The molecule has 21 heavy (non-hydrogen) atoms. The van der Waals surface area contributed by atoms with Crippen molar-refractivity contribution in [3.8, 4) is 0 Å². The van der Waals surface area contributed by atoms with Crippen LogP contribution in [0, 0.1) is 5.92 Å². The number of carbonyl (C=O) groups is 2. The van der Waals surface area contributed by atoms with Gasteiger partial charge in [-0.25, -0.2) is 8.78 Å². The van der Waals surface area contributed by atoms with E-state index in [0.717, 1.165) is 0 Å². The summed E-state index contributed by atoms with van der Waals surface area (Å²) in [5.41, 5.74) is 0. The number of alkyl halides is 2. The molecule has 2 rings (SSSR count). The molecule has 0 aromatic heterocycles. The Labute approximate surface area is 122 Å². The Balaban J connectivity index is 2.01. The summed E-state index contributed by atoms with van der Waals surface area (Å²) in [6.45, 7) is 0.629. The summed E-state index contributed by atoms with van der Waals surface area (Å²) in [5, 5.41) is 9.00. The molecule has 0 aromatic carbocycles. The van der Waals surface area contributed by atoms with Gasteiger partial charge in [-0.05, 0) is 25.7 Å². The van der Waals surface area contributed by atoms with E-state index >= 15 is 0 Å². The van der Waals surface area contributed by atoms with E-state index < -0.39 is 17.8 Å². The monoisotopic (exact) mass is 305 g/mol. The van der Waals surface area contributed by atoms with E-state index in [2.05, 4.69) is 0 Å². The van der Waals surface area contributed by atoms with E-state index in [4.69, 9.17) is 9.84 Å². The number of ether oxygens (including phenoxy) is 1. The molecule has 1 saturated carbocycles. The number of carboxylic acid groups (broad SMARTS) is 1. The first kappa shape index (κ1) is 16.1. The Bertz CT molecular complexity index is 386. The van der Waals surface area contributed by atoms with Crippen molar-refractivity contribution in [2.45, 2.75) is 50.5 Å². The first-order chi connectivity index (χ1) is 9.89. The minimum absolute atomic E-state index is 0.130. The number of amides is 1. The first-order valence-electron chi connectivity index (χ1n) is 7.37. The lowest BCUT2D eigenvalue weighted by Crippen LogP contribution is -2.49. The second-order valence-corrected chi connectivity index (χ2v) is 5.83. The van der Waals surface area contributed by atoms with Crippen LogP contribution < -0.4 is 0 Å². The molecule has 7 heteroatoms. The molecule has 1 aliphatic carbocycles. The Morgan fingerprint density at radius 2 is 1.71 bits per heavy atom. The molecule has 2 fully saturated rings. The molecule has 1 aliphatic heterocycles. The lowest BCUT2D eigenvalue weighted by Gasteiger charge is -2.37. The molecule has 5 nitrogen and oxygen atoms in total. The van der Waals surface area contributed by atoms with Crippen LogP contribution in [0.2, 0.25) is 0 Å². The van der Waals surface area contributed by atoms with Crippen molar-refractivity contribution in [2.75, 3.05) is 19.8 Å². The zero-order valence-electron chi connectivity index (χ0n) is 11.9. The highest BCUT2D eigenvalue weighted by Gasteiger charge is 2.40. The number of rotatable bonds is 4. The van der Waals surface area contributed by atoms with E-state index in [-0.39, 0.29) is 44.2 Å². The summed E-state index contributed by atoms with van der Waals surface area (Å²) in [7, 11) is 0. The zero-order valence-corrected chi connectivity index (χ0v) is 11.9. The molecule has 1 saturated heterocycles. The molecule has 0 unspecified atom stereocenters. The van der Waals surface area contributed by atoms with Gasteiger partial charge in [0.15, 0.2) is 0 Å². The molecular weight excluding hydrogens is 284 g/mol. The average molecular weight is 305 g/mol. The number of halogens is 2. The lowest BCUT2D eigenvalue weighted by atomic mass is 9.85. The van der Waals surface area contributed by atoms with E-state index in [1.807, 2.05) is 0 Å². The summed E-state index contributed by atoms with van der Waals surface area (Å²) in [6.07, 6.45) is 0.871. The molecular formula is C14H21F2NO4. The van der Waals surface area contributed by atoms with Crippen molar-refractivity contribution >= 4 is 11.9 Å². The van der Waals surface area contributed by atoms with Gasteiger partial charge in [-0.15, -0.1) is 0 Å². The third kappa shape index (κ3) is 4.36. The molecule has 0 bridgehead atoms. The van der Waals surface area contributed by atoms with Gasteiger partial charge < -0.3 is 14.7 Å². The topological polar surface area (TPSA) is 66.8 Å². The van der Waals surface area contributed by atoms with Crippen LogP contribution in [0.3, 0.4) is 0 Å². The van der Waals surface area contributed by atoms with Gasteiger partial charge in [0.25, 0.3) is 0 Å². The molecule has 1 amide bonds. The fourth-order valence-electron chi connectivity index (χ4n) is 3.05. The Morgan fingerprint density at radius 3 is 2.24 bits per heavy atom. The van der Waals surface area contributed by atoms with Gasteiger partial charge in [-0.2, -0.15) is 0 Å². The highest BCUT2D eigenvalue weighted by atomic mass is 19.3. The molecule has 120 valence electrons. The van der Waals surface area contributed by atoms with Gasteiger partial charge >= 0.3 is 5.97 Å². The second kappa shape index (κ2) is 6.68. The summed E-state index contributed by atoms with van der Waals surface area (Å²) < 4.78 is 31.6. The van der Waals surface area contributed by atoms with Crippen LogP contribution in [0.1, 0.15) is 38.5 Å². The summed E-state index contributed by atoms with van der Waals surface area (Å²) in [6, 6.07) is -0.162. The molecule has 0 aromatic rings. The van der Waals surface area contributed by atoms with Crippen LogP contribution in [0.5, 0.6) is 0 Å². The van der Waals surface area contributed by atoms with Crippen molar-refractivity contribution in [3.63, 3.8) is 0 Å². The van der Waals surface area contributed by atoms with Gasteiger partial charge in [-0.1, -0.05) is 0 Å². The third-order valence-electron chi connectivity index (χ3n) is 4.29. The van der Waals surface area contributed by atoms with Gasteiger partial charge in [-0.3, -0.25) is 9.59 Å². The standard InChI is InChI=1S/C14H21F2NO4/c15-14(16)5-1-10(2-6-14)13(20)17(9-12(18)19)11-3-7-21-8-4-11/h10-11H,1-9H2,(H,18,19). The number of aliphatic carboxylic acids is 1. The Morgan fingerprint density at radius 1 is 1.14 bits per heavy atom. The summed E-state index contributed by atoms with van der Waals surface area (Å²) >= 11 is 0. The predicted molar refractivity (Wildman–Crippen MR) is 70.1 cm³/mol. The van der Waals surface area contributed by atoms with Crippen molar-refractivity contribution in [3.05, 3.63) is 0 Å². The van der Waals surface area contributed by atoms with E-state index in [9.17, 15) is 18.4 Å². The summed E-state index contributed by atoms with van der Waals surface area (Å²) in [5.74, 6) is -4.53. The van der Waals surface area contributed by atoms with Crippen molar-refractivity contribution in [2.24, 2.45) is 5.92 Å². The fraction of sp³-hybridized carbons (Fsp3) is 0.857. The number of nitrogens with zero attached hydrogens (tertiary/aromatic N) is 1. The molecule has 0 radical (unpaired) electrons. The third-order valence-corrected chi connectivity index (χ3v) is 4.29. The van der Waals surface area contributed by atoms with Crippen LogP contribution >= 0.6 is 0 Å². The quantitative estimate of drug-likeness (QED) is 0.861. The minimum atomic E-state index is -2.69. The molecule has 0 spiro atoms. The van der Waals surface area contributed by atoms with Crippen molar-refractivity contribution in [1.29, 1.82) is 0 Å². The zero-order chi connectivity index (χ0) is 15.5. The average Bonchev–Trinajstić information content (AvgIpc) is 2.45. The molecule has 2 aliphatic rings. The van der Waals surface area contributed by atoms with Crippen LogP contribution in [0.25, 0.3) is 0 Å². The highest BCUT2D eigenvalue weighted by molar-refractivity contribution is 5.83. The SMILES string of the molecule is O=C(O)CN(C(=O)C1CCC(F)(F)CC1)C1CCOCC1. The van der Waals surface area contributed by atoms with Crippen molar-refractivity contribution < 1.29 is 28.2 Å². The smallest absolute Gasteiger partial charge is 0.323 e. The number of hydrogen-bond acceptors (Lipinski definition) is 3. The number of hydrogen-bond donors (Lipinski definition) is 1. The van der Waals surface area contributed by atoms with Gasteiger partial charge in [0.2, 0.25) is 11.8 Å². The fourth-order valence-corrected chi connectivity index (χ4v) is 3.05. The predicted octanol–water partition coefficient (Wildman–Crippen LogP) is 1.90. The summed E-state index contributed by atoms with van der Waals surface area (Å²) in [4.78, 5) is 24.9. The maximum atomic E-state index is 13.2. The largest absolute Gasteiger partial charge is 0.480 e. The maximum Gasteiger partial charge on any atom is 0.323 e. The molecule has 1 heterocycles. The van der Waals surface area contributed by atoms with Crippen LogP contribution in [-0.4, -0.2) is 53.6 Å². The van der Waals surface area contributed by atoms with Crippen molar-refractivity contribution in [1.82, 2.24) is 4.90 Å². The molecule has 1 N–H and O–H groups in total.